The molecule has 0 saturated carbocycles. The van der Waals surface area contributed by atoms with Gasteiger partial charge in [0.15, 0.2) is 0 Å². The van der Waals surface area contributed by atoms with Gasteiger partial charge in [0.2, 0.25) is 5.88 Å². The van der Waals surface area contributed by atoms with E-state index in [9.17, 15) is 13.6 Å². The Morgan fingerprint density at radius 2 is 2.12 bits per heavy atom. The Labute approximate surface area is 91.6 Å². The summed E-state index contributed by atoms with van der Waals surface area (Å²) in [5, 5.41) is 2.65. The van der Waals surface area contributed by atoms with Crippen molar-refractivity contribution in [2.45, 2.75) is 26.5 Å². The molecule has 0 aliphatic heterocycles. The van der Waals surface area contributed by atoms with Crippen molar-refractivity contribution >= 4 is 5.91 Å². The second-order valence-electron chi connectivity index (χ2n) is 3.39. The number of carbonyl (C=O) groups excluding carboxylic acids is 1. The average Bonchev–Trinajstić information content (AvgIpc) is 2.16. The maximum absolute atomic E-state index is 11.8. The highest BCUT2D eigenvalue weighted by Gasteiger charge is 2.09. The standard InChI is InChI=1S/C10H12F2N2O2/c1-6(2)14-9(15)7-3-4-8(13-5-7)16-10(11)12/h3-6,10H,1-2H3,(H,14,15). The van der Waals surface area contributed by atoms with Crippen LogP contribution in [0.1, 0.15) is 24.2 Å². The molecule has 0 aromatic carbocycles. The van der Waals surface area contributed by atoms with Gasteiger partial charge >= 0.3 is 6.61 Å². The minimum atomic E-state index is -2.91. The van der Waals surface area contributed by atoms with Gasteiger partial charge < -0.3 is 10.1 Å². The summed E-state index contributed by atoms with van der Waals surface area (Å²) in [6.07, 6.45) is 1.19. The van der Waals surface area contributed by atoms with E-state index in [-0.39, 0.29) is 17.8 Å². The van der Waals surface area contributed by atoms with Crippen molar-refractivity contribution in [3.8, 4) is 5.88 Å². The highest BCUT2D eigenvalue weighted by atomic mass is 19.3. The van der Waals surface area contributed by atoms with Crippen LogP contribution in [0, 0.1) is 0 Å². The van der Waals surface area contributed by atoms with Crippen molar-refractivity contribution in [2.75, 3.05) is 0 Å². The second-order valence-corrected chi connectivity index (χ2v) is 3.39. The van der Waals surface area contributed by atoms with Crippen LogP contribution in [0.25, 0.3) is 0 Å². The van der Waals surface area contributed by atoms with Gasteiger partial charge in [0, 0.05) is 18.3 Å². The molecule has 88 valence electrons. The summed E-state index contributed by atoms with van der Waals surface area (Å²) in [6.45, 7) is 0.724. The first-order valence-corrected chi connectivity index (χ1v) is 4.70. The molecule has 0 radical (unpaired) electrons. The lowest BCUT2D eigenvalue weighted by molar-refractivity contribution is -0.0528. The van der Waals surface area contributed by atoms with Crippen LogP contribution in [0.5, 0.6) is 5.88 Å². The zero-order chi connectivity index (χ0) is 12.1. The zero-order valence-electron chi connectivity index (χ0n) is 8.91. The number of aromatic nitrogens is 1. The van der Waals surface area contributed by atoms with Crippen LogP contribution >= 0.6 is 0 Å². The monoisotopic (exact) mass is 230 g/mol. The molecular formula is C10H12F2N2O2. The van der Waals surface area contributed by atoms with Gasteiger partial charge in [0.25, 0.3) is 5.91 Å². The topological polar surface area (TPSA) is 51.2 Å². The fourth-order valence-corrected chi connectivity index (χ4v) is 1.02. The van der Waals surface area contributed by atoms with Crippen LogP contribution in [-0.4, -0.2) is 23.5 Å². The van der Waals surface area contributed by atoms with E-state index in [4.69, 9.17) is 0 Å². The molecule has 0 saturated heterocycles. The minimum Gasteiger partial charge on any atom is -0.417 e. The van der Waals surface area contributed by atoms with E-state index >= 15 is 0 Å². The highest BCUT2D eigenvalue weighted by molar-refractivity contribution is 5.94. The Morgan fingerprint density at radius 3 is 2.56 bits per heavy atom. The summed E-state index contributed by atoms with van der Waals surface area (Å²) in [7, 11) is 0. The quantitative estimate of drug-likeness (QED) is 0.858. The lowest BCUT2D eigenvalue weighted by Gasteiger charge is -2.08. The molecule has 0 unspecified atom stereocenters. The third-order valence-corrected chi connectivity index (χ3v) is 1.63. The van der Waals surface area contributed by atoms with Crippen LogP contribution in [0.2, 0.25) is 0 Å². The normalized spacial score (nSPS) is 10.6. The summed E-state index contributed by atoms with van der Waals surface area (Å²) < 4.78 is 27.7. The summed E-state index contributed by atoms with van der Waals surface area (Å²) in [4.78, 5) is 15.0. The largest absolute Gasteiger partial charge is 0.417 e. The number of ether oxygens (including phenoxy) is 1. The molecule has 0 aliphatic carbocycles. The second kappa shape index (κ2) is 5.39. The van der Waals surface area contributed by atoms with Crippen molar-refractivity contribution in [2.24, 2.45) is 0 Å². The van der Waals surface area contributed by atoms with Crippen molar-refractivity contribution in [3.63, 3.8) is 0 Å². The van der Waals surface area contributed by atoms with Gasteiger partial charge in [-0.3, -0.25) is 4.79 Å². The van der Waals surface area contributed by atoms with Crippen LogP contribution in [0.3, 0.4) is 0 Å². The Bertz CT molecular complexity index is 352. The first-order valence-electron chi connectivity index (χ1n) is 4.70. The summed E-state index contributed by atoms with van der Waals surface area (Å²) in [6, 6.07) is 2.61. The molecule has 1 N–H and O–H groups in total. The molecule has 1 aromatic rings. The minimum absolute atomic E-state index is 0.00416. The lowest BCUT2D eigenvalue weighted by atomic mass is 10.2. The molecule has 6 heteroatoms. The predicted octanol–water partition coefficient (Wildman–Crippen LogP) is 1.82. The average molecular weight is 230 g/mol. The number of carbonyl (C=O) groups is 1. The highest BCUT2D eigenvalue weighted by Crippen LogP contribution is 2.10. The first-order chi connectivity index (χ1) is 7.49. The summed E-state index contributed by atoms with van der Waals surface area (Å²) in [5.41, 5.74) is 0.301. The van der Waals surface area contributed by atoms with Gasteiger partial charge in [0.05, 0.1) is 5.56 Å². The predicted molar refractivity (Wildman–Crippen MR) is 53.5 cm³/mol. The molecular weight excluding hydrogens is 218 g/mol. The number of amides is 1. The number of halogens is 2. The fraction of sp³-hybridized carbons (Fsp3) is 0.400. The Balaban J connectivity index is 2.67. The maximum Gasteiger partial charge on any atom is 0.388 e. The van der Waals surface area contributed by atoms with E-state index in [0.29, 0.717) is 5.56 Å². The fourth-order valence-electron chi connectivity index (χ4n) is 1.02. The molecule has 4 nitrogen and oxygen atoms in total. The summed E-state index contributed by atoms with van der Waals surface area (Å²) >= 11 is 0. The van der Waals surface area contributed by atoms with E-state index < -0.39 is 6.61 Å². The first kappa shape index (κ1) is 12.4. The number of nitrogens with one attached hydrogen (secondary N) is 1. The van der Waals surface area contributed by atoms with E-state index in [1.807, 2.05) is 13.8 Å². The van der Waals surface area contributed by atoms with Gasteiger partial charge in [-0.25, -0.2) is 4.98 Å². The Morgan fingerprint density at radius 1 is 1.44 bits per heavy atom. The summed E-state index contributed by atoms with van der Waals surface area (Å²) in [5.74, 6) is -0.512. The number of alkyl halides is 2. The van der Waals surface area contributed by atoms with E-state index in [1.54, 1.807) is 0 Å². The van der Waals surface area contributed by atoms with Gasteiger partial charge in [0.1, 0.15) is 0 Å². The van der Waals surface area contributed by atoms with E-state index in [1.165, 1.54) is 18.3 Å². The molecule has 0 aliphatic rings. The van der Waals surface area contributed by atoms with Crippen molar-refractivity contribution in [1.29, 1.82) is 0 Å². The number of pyridine rings is 1. The van der Waals surface area contributed by atoms with Gasteiger partial charge in [-0.05, 0) is 19.9 Å². The van der Waals surface area contributed by atoms with Crippen molar-refractivity contribution in [1.82, 2.24) is 10.3 Å². The maximum atomic E-state index is 11.8. The number of hydrogen-bond donors (Lipinski definition) is 1. The van der Waals surface area contributed by atoms with Crippen LogP contribution in [-0.2, 0) is 0 Å². The Hall–Kier alpha value is -1.72. The van der Waals surface area contributed by atoms with Crippen LogP contribution < -0.4 is 10.1 Å². The number of rotatable bonds is 4. The SMILES string of the molecule is CC(C)NC(=O)c1ccc(OC(F)F)nc1. The van der Waals surface area contributed by atoms with Gasteiger partial charge in [-0.15, -0.1) is 0 Å². The molecule has 1 amide bonds. The van der Waals surface area contributed by atoms with E-state index in [2.05, 4.69) is 15.0 Å². The number of hydrogen-bond acceptors (Lipinski definition) is 3. The molecule has 1 rings (SSSR count). The molecule has 0 fully saturated rings. The number of nitrogens with zero attached hydrogens (tertiary/aromatic N) is 1. The molecule has 1 heterocycles. The molecule has 1 aromatic heterocycles. The molecule has 0 bridgehead atoms. The van der Waals surface area contributed by atoms with Crippen LogP contribution in [0.15, 0.2) is 18.3 Å². The molecule has 0 atom stereocenters. The van der Waals surface area contributed by atoms with Crippen LogP contribution in [0.4, 0.5) is 8.78 Å². The smallest absolute Gasteiger partial charge is 0.388 e. The van der Waals surface area contributed by atoms with Gasteiger partial charge in [-0.1, -0.05) is 0 Å². The van der Waals surface area contributed by atoms with Crippen molar-refractivity contribution in [3.05, 3.63) is 23.9 Å². The third kappa shape index (κ3) is 3.80. The molecule has 16 heavy (non-hydrogen) atoms. The Kier molecular flexibility index (Phi) is 4.16. The lowest BCUT2D eigenvalue weighted by Crippen LogP contribution is -2.30. The van der Waals surface area contributed by atoms with Gasteiger partial charge in [-0.2, -0.15) is 8.78 Å². The van der Waals surface area contributed by atoms with E-state index in [0.717, 1.165) is 0 Å². The zero-order valence-corrected chi connectivity index (χ0v) is 8.91. The molecule has 0 spiro atoms. The third-order valence-electron chi connectivity index (χ3n) is 1.63. The van der Waals surface area contributed by atoms with Crippen molar-refractivity contribution < 1.29 is 18.3 Å².